The molecule has 1 aliphatic heterocycles. The second-order valence-corrected chi connectivity index (χ2v) is 7.65. The van der Waals surface area contributed by atoms with Crippen molar-refractivity contribution in [1.29, 1.82) is 0 Å². The van der Waals surface area contributed by atoms with Crippen molar-refractivity contribution < 1.29 is 37.3 Å². The number of halogens is 2. The molecule has 0 atom stereocenters. The number of carbonyl (C=O) groups excluding carboxylic acids is 2. The van der Waals surface area contributed by atoms with Gasteiger partial charge in [-0.25, -0.2) is 15.0 Å². The molecule has 13 nitrogen and oxygen atoms in total. The first-order valence-electron chi connectivity index (χ1n) is 9.57. The van der Waals surface area contributed by atoms with Gasteiger partial charge < -0.3 is 23.9 Å². The standard InChI is InChI=1S/C19H13F2N7O6S/c1-31-15-7(5-22-17(28-15)32-2)13(29)27-18-25-10(6-35-18)14(30)26-16-23-8-3-11-12(4-9(8)24-16)34-19(20,21)33-11/h3-6H,1-2H3,(H,25,27,29)(H2,23,24,26,30). The summed E-state index contributed by atoms with van der Waals surface area (Å²) in [5, 5.41) is 6.61. The summed E-state index contributed by atoms with van der Waals surface area (Å²) in [5.41, 5.74) is 0.636. The van der Waals surface area contributed by atoms with Crippen LogP contribution in [0.4, 0.5) is 19.9 Å². The van der Waals surface area contributed by atoms with E-state index in [4.69, 9.17) is 9.47 Å². The molecule has 0 bridgehead atoms. The van der Waals surface area contributed by atoms with Crippen LogP contribution in [0.1, 0.15) is 20.8 Å². The van der Waals surface area contributed by atoms with Crippen molar-refractivity contribution in [3.8, 4) is 23.4 Å². The number of fused-ring (bicyclic) bond motifs is 2. The molecule has 35 heavy (non-hydrogen) atoms. The Morgan fingerprint density at radius 1 is 1.06 bits per heavy atom. The number of H-pyrrole nitrogens is 1. The van der Waals surface area contributed by atoms with Crippen LogP contribution < -0.4 is 29.6 Å². The monoisotopic (exact) mass is 505 g/mol. The second-order valence-electron chi connectivity index (χ2n) is 6.79. The van der Waals surface area contributed by atoms with Crippen LogP contribution in [0, 0.1) is 0 Å². The summed E-state index contributed by atoms with van der Waals surface area (Å²) in [4.78, 5) is 43.9. The van der Waals surface area contributed by atoms with Crippen LogP contribution in [0.2, 0.25) is 0 Å². The number of amides is 2. The number of hydrogen-bond donors (Lipinski definition) is 3. The number of aromatic nitrogens is 5. The number of ether oxygens (including phenoxy) is 4. The molecule has 0 radical (unpaired) electrons. The largest absolute Gasteiger partial charge is 0.586 e. The maximum atomic E-state index is 13.2. The Morgan fingerprint density at radius 3 is 2.57 bits per heavy atom. The van der Waals surface area contributed by atoms with E-state index in [-0.39, 0.29) is 51.2 Å². The molecule has 1 aliphatic rings. The van der Waals surface area contributed by atoms with E-state index in [9.17, 15) is 18.4 Å². The van der Waals surface area contributed by atoms with Gasteiger partial charge in [0.15, 0.2) is 16.6 Å². The summed E-state index contributed by atoms with van der Waals surface area (Å²) in [6.45, 7) is 0. The summed E-state index contributed by atoms with van der Waals surface area (Å²) < 4.78 is 45.2. The Labute approximate surface area is 197 Å². The number of imidazole rings is 1. The number of anilines is 2. The highest BCUT2D eigenvalue weighted by atomic mass is 32.1. The topological polar surface area (TPSA) is 162 Å². The first kappa shape index (κ1) is 22.2. The zero-order valence-electron chi connectivity index (χ0n) is 17.7. The average molecular weight is 505 g/mol. The van der Waals surface area contributed by atoms with Gasteiger partial charge in [-0.05, 0) is 0 Å². The lowest BCUT2D eigenvalue weighted by Gasteiger charge is -2.07. The van der Waals surface area contributed by atoms with E-state index in [1.165, 1.54) is 37.9 Å². The van der Waals surface area contributed by atoms with Crippen LogP contribution >= 0.6 is 11.3 Å². The van der Waals surface area contributed by atoms with Crippen molar-refractivity contribution in [2.75, 3.05) is 24.9 Å². The Bertz CT molecular complexity index is 1430. The van der Waals surface area contributed by atoms with E-state index in [0.29, 0.717) is 5.52 Å². The molecule has 2 amide bonds. The van der Waals surface area contributed by atoms with Gasteiger partial charge in [0.1, 0.15) is 11.3 Å². The first-order chi connectivity index (χ1) is 16.7. The molecule has 3 N–H and O–H groups in total. The van der Waals surface area contributed by atoms with E-state index >= 15 is 0 Å². The van der Waals surface area contributed by atoms with Crippen molar-refractivity contribution in [3.63, 3.8) is 0 Å². The molecule has 0 saturated carbocycles. The zero-order valence-corrected chi connectivity index (χ0v) is 18.5. The normalized spacial score (nSPS) is 13.5. The lowest BCUT2D eigenvalue weighted by molar-refractivity contribution is -0.286. The fraction of sp³-hybridized carbons (Fsp3) is 0.158. The molecular formula is C19H13F2N7O6S. The number of methoxy groups -OCH3 is 2. The minimum atomic E-state index is -3.75. The Kier molecular flexibility index (Phi) is 5.28. The summed E-state index contributed by atoms with van der Waals surface area (Å²) in [6, 6.07) is 2.56. The smallest absolute Gasteiger partial charge is 0.480 e. The second kappa shape index (κ2) is 8.32. The summed E-state index contributed by atoms with van der Waals surface area (Å²) in [5.74, 6) is -1.53. The van der Waals surface area contributed by atoms with E-state index in [1.54, 1.807) is 0 Å². The molecule has 180 valence electrons. The van der Waals surface area contributed by atoms with Crippen LogP contribution in [0.15, 0.2) is 23.7 Å². The molecule has 4 aromatic rings. The van der Waals surface area contributed by atoms with Crippen molar-refractivity contribution in [3.05, 3.63) is 35.0 Å². The highest BCUT2D eigenvalue weighted by Gasteiger charge is 2.43. The lowest BCUT2D eigenvalue weighted by Crippen LogP contribution is -2.25. The van der Waals surface area contributed by atoms with Crippen molar-refractivity contribution in [2.45, 2.75) is 6.29 Å². The maximum absolute atomic E-state index is 13.2. The van der Waals surface area contributed by atoms with Crippen LogP contribution in [-0.2, 0) is 0 Å². The molecule has 0 spiro atoms. The first-order valence-corrected chi connectivity index (χ1v) is 10.5. The third-order valence-electron chi connectivity index (χ3n) is 4.55. The number of thiazole rings is 1. The molecule has 1 aromatic carbocycles. The van der Waals surface area contributed by atoms with E-state index < -0.39 is 18.1 Å². The van der Waals surface area contributed by atoms with E-state index in [2.05, 4.69) is 45.0 Å². The summed E-state index contributed by atoms with van der Waals surface area (Å²) in [7, 11) is 2.71. The fourth-order valence-electron chi connectivity index (χ4n) is 3.05. The number of hydrogen-bond acceptors (Lipinski definition) is 11. The number of benzene rings is 1. The quantitative estimate of drug-likeness (QED) is 0.355. The van der Waals surface area contributed by atoms with Crippen LogP contribution in [0.3, 0.4) is 0 Å². The highest BCUT2D eigenvalue weighted by Crippen LogP contribution is 2.42. The SMILES string of the molecule is COc1ncc(C(=O)Nc2nc(C(=O)Nc3nc4cc5c(cc4[nH]3)OC(F)(F)O5)cs2)c(OC)n1. The van der Waals surface area contributed by atoms with Gasteiger partial charge in [0.25, 0.3) is 11.8 Å². The summed E-state index contributed by atoms with van der Waals surface area (Å²) in [6.07, 6.45) is -2.52. The number of aromatic amines is 1. The third-order valence-corrected chi connectivity index (χ3v) is 5.30. The lowest BCUT2D eigenvalue weighted by atomic mass is 10.3. The molecule has 4 heterocycles. The van der Waals surface area contributed by atoms with E-state index in [0.717, 1.165) is 11.3 Å². The number of alkyl halides is 2. The molecule has 0 aliphatic carbocycles. The van der Waals surface area contributed by atoms with Gasteiger partial charge in [-0.15, -0.1) is 20.1 Å². The van der Waals surface area contributed by atoms with Crippen LogP contribution in [-0.4, -0.2) is 57.2 Å². The predicted molar refractivity (Wildman–Crippen MR) is 115 cm³/mol. The average Bonchev–Trinajstić information content (AvgIpc) is 3.51. The van der Waals surface area contributed by atoms with Gasteiger partial charge in [0.05, 0.1) is 31.4 Å². The Balaban J connectivity index is 1.27. The predicted octanol–water partition coefficient (Wildman–Crippen LogP) is 2.65. The van der Waals surface area contributed by atoms with Crippen molar-refractivity contribution in [2.24, 2.45) is 0 Å². The van der Waals surface area contributed by atoms with Gasteiger partial charge in [-0.2, -0.15) is 4.98 Å². The molecule has 0 unspecified atom stereocenters. The minimum Gasteiger partial charge on any atom is -0.480 e. The van der Waals surface area contributed by atoms with Crippen molar-refractivity contribution in [1.82, 2.24) is 24.9 Å². The highest BCUT2D eigenvalue weighted by molar-refractivity contribution is 7.14. The van der Waals surface area contributed by atoms with Crippen molar-refractivity contribution >= 4 is 45.3 Å². The zero-order chi connectivity index (χ0) is 24.7. The number of nitrogens with one attached hydrogen (secondary N) is 3. The maximum Gasteiger partial charge on any atom is 0.586 e. The van der Waals surface area contributed by atoms with Gasteiger partial charge in [0.2, 0.25) is 11.8 Å². The van der Waals surface area contributed by atoms with Gasteiger partial charge in [0, 0.05) is 17.5 Å². The number of carbonyl (C=O) groups is 2. The van der Waals surface area contributed by atoms with Gasteiger partial charge >= 0.3 is 12.3 Å². The van der Waals surface area contributed by atoms with Crippen LogP contribution in [0.5, 0.6) is 23.4 Å². The van der Waals surface area contributed by atoms with Crippen LogP contribution in [0.25, 0.3) is 11.0 Å². The molecule has 16 heteroatoms. The van der Waals surface area contributed by atoms with Gasteiger partial charge in [-0.3, -0.25) is 20.2 Å². The molecule has 0 fully saturated rings. The summed E-state index contributed by atoms with van der Waals surface area (Å²) >= 11 is 1.01. The molecule has 5 rings (SSSR count). The van der Waals surface area contributed by atoms with E-state index in [1.807, 2.05) is 0 Å². The molecular weight excluding hydrogens is 492 g/mol. The number of nitrogens with zero attached hydrogens (tertiary/aromatic N) is 4. The molecule has 0 saturated heterocycles. The third kappa shape index (κ3) is 4.33. The minimum absolute atomic E-state index is 0.000691. The Hall–Kier alpha value is -4.60. The van der Waals surface area contributed by atoms with Gasteiger partial charge in [-0.1, -0.05) is 0 Å². The fourth-order valence-corrected chi connectivity index (χ4v) is 3.73. The Morgan fingerprint density at radius 2 is 1.83 bits per heavy atom. The molecule has 3 aromatic heterocycles. The number of rotatable bonds is 6.